The molecule has 0 spiro atoms. The highest BCUT2D eigenvalue weighted by Crippen LogP contribution is 2.14. The minimum Gasteiger partial charge on any atom is -0.342 e. The minimum absolute atomic E-state index is 0.0598. The average molecular weight is 338 g/mol. The highest BCUT2D eigenvalue weighted by molar-refractivity contribution is 6.06. The summed E-state index contributed by atoms with van der Waals surface area (Å²) in [6.07, 6.45) is 2.97. The zero-order valence-electron chi connectivity index (χ0n) is 15.2. The van der Waals surface area contributed by atoms with Crippen LogP contribution < -0.4 is 5.32 Å². The number of amides is 2. The zero-order chi connectivity index (χ0) is 18.2. The van der Waals surface area contributed by atoms with Gasteiger partial charge in [0.05, 0.1) is 0 Å². The van der Waals surface area contributed by atoms with Crippen LogP contribution in [0.2, 0.25) is 0 Å². The van der Waals surface area contributed by atoms with E-state index in [-0.39, 0.29) is 11.8 Å². The molecule has 25 heavy (non-hydrogen) atoms. The molecule has 0 aromatic heterocycles. The number of carbonyl (C=O) groups excluding carboxylic acids is 2. The van der Waals surface area contributed by atoms with E-state index in [0.717, 1.165) is 31.5 Å². The Morgan fingerprint density at radius 1 is 1.00 bits per heavy atom. The Hall–Kier alpha value is -2.62. The van der Waals surface area contributed by atoms with Gasteiger partial charge in [-0.05, 0) is 48.7 Å². The van der Waals surface area contributed by atoms with Crippen LogP contribution in [0.25, 0.3) is 0 Å². The normalized spacial score (nSPS) is 10.4. The second-order valence-electron chi connectivity index (χ2n) is 6.17. The van der Waals surface area contributed by atoms with Crippen molar-refractivity contribution in [2.75, 3.05) is 18.9 Å². The number of hydrogen-bond donors (Lipinski definition) is 1. The molecule has 0 atom stereocenters. The molecule has 0 aliphatic heterocycles. The van der Waals surface area contributed by atoms with Crippen LogP contribution in [0.1, 0.15) is 53.0 Å². The largest absolute Gasteiger partial charge is 0.342 e. The van der Waals surface area contributed by atoms with Crippen molar-refractivity contribution in [2.24, 2.45) is 0 Å². The van der Waals surface area contributed by atoms with Crippen LogP contribution >= 0.6 is 0 Å². The maximum atomic E-state index is 12.4. The zero-order valence-corrected chi connectivity index (χ0v) is 15.2. The van der Waals surface area contributed by atoms with E-state index in [1.807, 2.05) is 24.3 Å². The Kier molecular flexibility index (Phi) is 6.75. The molecule has 0 aliphatic rings. The smallest absolute Gasteiger partial charge is 0.255 e. The predicted molar refractivity (Wildman–Crippen MR) is 102 cm³/mol. The van der Waals surface area contributed by atoms with Gasteiger partial charge in [0, 0.05) is 30.4 Å². The SMILES string of the molecule is CCCCN(C)C(=O)c1cccc(C(=O)Nc2ccc(CC)cc2)c1. The Morgan fingerprint density at radius 3 is 2.32 bits per heavy atom. The first kappa shape index (κ1) is 18.7. The lowest BCUT2D eigenvalue weighted by molar-refractivity contribution is 0.0793. The van der Waals surface area contributed by atoms with Crippen LogP contribution in [0, 0.1) is 0 Å². The third-order valence-electron chi connectivity index (χ3n) is 4.19. The first-order valence-corrected chi connectivity index (χ1v) is 8.81. The van der Waals surface area contributed by atoms with E-state index in [2.05, 4.69) is 19.2 Å². The molecule has 4 nitrogen and oxygen atoms in total. The van der Waals surface area contributed by atoms with Crippen LogP contribution in [0.5, 0.6) is 0 Å². The number of nitrogens with one attached hydrogen (secondary N) is 1. The molecule has 0 bridgehead atoms. The summed E-state index contributed by atoms with van der Waals surface area (Å²) in [6.45, 7) is 4.90. The van der Waals surface area contributed by atoms with Gasteiger partial charge in [-0.3, -0.25) is 9.59 Å². The molecule has 132 valence electrons. The fourth-order valence-corrected chi connectivity index (χ4v) is 2.54. The van der Waals surface area contributed by atoms with Gasteiger partial charge in [-0.1, -0.05) is 38.5 Å². The lowest BCUT2D eigenvalue weighted by Gasteiger charge is -2.17. The van der Waals surface area contributed by atoms with Crippen LogP contribution in [0.3, 0.4) is 0 Å². The number of hydrogen-bond acceptors (Lipinski definition) is 2. The molecule has 2 aromatic rings. The second kappa shape index (κ2) is 9.02. The quantitative estimate of drug-likeness (QED) is 0.815. The molecule has 1 N–H and O–H groups in total. The summed E-state index contributed by atoms with van der Waals surface area (Å²) in [4.78, 5) is 26.6. The molecular weight excluding hydrogens is 312 g/mol. The molecular formula is C21H26N2O2. The number of carbonyl (C=O) groups is 2. The van der Waals surface area contributed by atoms with Gasteiger partial charge in [-0.2, -0.15) is 0 Å². The fourth-order valence-electron chi connectivity index (χ4n) is 2.54. The number of aryl methyl sites for hydroxylation is 1. The van der Waals surface area contributed by atoms with Crippen molar-refractivity contribution in [3.63, 3.8) is 0 Å². The first-order chi connectivity index (χ1) is 12.0. The lowest BCUT2D eigenvalue weighted by atomic mass is 10.1. The van der Waals surface area contributed by atoms with Crippen molar-refractivity contribution in [2.45, 2.75) is 33.1 Å². The van der Waals surface area contributed by atoms with Gasteiger partial charge in [-0.15, -0.1) is 0 Å². The summed E-state index contributed by atoms with van der Waals surface area (Å²) in [7, 11) is 1.79. The lowest BCUT2D eigenvalue weighted by Crippen LogP contribution is -2.28. The van der Waals surface area contributed by atoms with E-state index in [9.17, 15) is 9.59 Å². The van der Waals surface area contributed by atoms with Gasteiger partial charge in [0.25, 0.3) is 11.8 Å². The molecule has 0 saturated heterocycles. The summed E-state index contributed by atoms with van der Waals surface area (Å²) in [5.41, 5.74) is 2.99. The number of unbranched alkanes of at least 4 members (excludes halogenated alkanes) is 1. The number of anilines is 1. The van der Waals surface area contributed by atoms with Gasteiger partial charge in [0.2, 0.25) is 0 Å². The summed E-state index contributed by atoms with van der Waals surface area (Å²) in [5, 5.41) is 2.88. The van der Waals surface area contributed by atoms with Crippen molar-refractivity contribution < 1.29 is 9.59 Å². The van der Waals surface area contributed by atoms with E-state index in [4.69, 9.17) is 0 Å². The molecule has 4 heteroatoms. The standard InChI is InChI=1S/C21H26N2O2/c1-4-6-14-23(3)21(25)18-9-7-8-17(15-18)20(24)22-19-12-10-16(5-2)11-13-19/h7-13,15H,4-6,14H2,1-3H3,(H,22,24). The third-order valence-corrected chi connectivity index (χ3v) is 4.19. The highest BCUT2D eigenvalue weighted by atomic mass is 16.2. The van der Waals surface area contributed by atoms with Crippen molar-refractivity contribution >= 4 is 17.5 Å². The summed E-state index contributed by atoms with van der Waals surface area (Å²) >= 11 is 0. The molecule has 2 amide bonds. The highest BCUT2D eigenvalue weighted by Gasteiger charge is 2.14. The van der Waals surface area contributed by atoms with E-state index in [1.54, 1.807) is 36.2 Å². The summed E-state index contributed by atoms with van der Waals surface area (Å²) in [6, 6.07) is 14.7. The number of nitrogens with zero attached hydrogens (tertiary/aromatic N) is 1. The monoisotopic (exact) mass is 338 g/mol. The van der Waals surface area contributed by atoms with E-state index in [1.165, 1.54) is 5.56 Å². The third kappa shape index (κ3) is 5.18. The molecule has 0 heterocycles. The van der Waals surface area contributed by atoms with Gasteiger partial charge < -0.3 is 10.2 Å². The van der Waals surface area contributed by atoms with Gasteiger partial charge in [0.1, 0.15) is 0 Å². The maximum Gasteiger partial charge on any atom is 0.255 e. The van der Waals surface area contributed by atoms with E-state index >= 15 is 0 Å². The minimum atomic E-state index is -0.213. The molecule has 0 saturated carbocycles. The Morgan fingerprint density at radius 2 is 1.68 bits per heavy atom. The number of rotatable bonds is 7. The molecule has 0 radical (unpaired) electrons. The Balaban J connectivity index is 2.08. The Bertz CT molecular complexity index is 723. The maximum absolute atomic E-state index is 12.4. The average Bonchev–Trinajstić information content (AvgIpc) is 2.66. The van der Waals surface area contributed by atoms with Gasteiger partial charge in [0.15, 0.2) is 0 Å². The van der Waals surface area contributed by atoms with Crippen LogP contribution in [0.4, 0.5) is 5.69 Å². The molecule has 2 aromatic carbocycles. The van der Waals surface area contributed by atoms with Crippen LogP contribution in [0.15, 0.2) is 48.5 Å². The summed E-state index contributed by atoms with van der Waals surface area (Å²) in [5.74, 6) is -0.273. The van der Waals surface area contributed by atoms with Gasteiger partial charge >= 0.3 is 0 Å². The van der Waals surface area contributed by atoms with Crippen molar-refractivity contribution in [3.8, 4) is 0 Å². The molecule has 0 fully saturated rings. The van der Waals surface area contributed by atoms with Crippen LogP contribution in [-0.4, -0.2) is 30.3 Å². The second-order valence-corrected chi connectivity index (χ2v) is 6.17. The van der Waals surface area contributed by atoms with Crippen molar-refractivity contribution in [1.29, 1.82) is 0 Å². The summed E-state index contributed by atoms with van der Waals surface area (Å²) < 4.78 is 0. The molecule has 0 aliphatic carbocycles. The van der Waals surface area contributed by atoms with E-state index < -0.39 is 0 Å². The fraction of sp³-hybridized carbons (Fsp3) is 0.333. The topological polar surface area (TPSA) is 49.4 Å². The van der Waals surface area contributed by atoms with Crippen LogP contribution in [-0.2, 0) is 6.42 Å². The molecule has 0 unspecified atom stereocenters. The van der Waals surface area contributed by atoms with Crippen molar-refractivity contribution in [1.82, 2.24) is 4.90 Å². The van der Waals surface area contributed by atoms with Gasteiger partial charge in [-0.25, -0.2) is 0 Å². The van der Waals surface area contributed by atoms with Crippen molar-refractivity contribution in [3.05, 3.63) is 65.2 Å². The first-order valence-electron chi connectivity index (χ1n) is 8.81. The number of benzene rings is 2. The Labute approximate surface area is 149 Å². The molecule has 2 rings (SSSR count). The predicted octanol–water partition coefficient (Wildman–Crippen LogP) is 4.37. The van der Waals surface area contributed by atoms with E-state index in [0.29, 0.717) is 11.1 Å².